The smallest absolute Gasteiger partial charge is 0.0716 e. The van der Waals surface area contributed by atoms with Crippen molar-refractivity contribution in [1.29, 1.82) is 0 Å². The zero-order valence-corrected chi connectivity index (χ0v) is 6.76. The third kappa shape index (κ3) is 1.66. The van der Waals surface area contributed by atoms with E-state index in [-0.39, 0.29) is 5.56 Å². The number of benzene rings is 1. The molecule has 64 valence electrons. The first-order chi connectivity index (χ1) is 5.65. The van der Waals surface area contributed by atoms with E-state index in [0.29, 0.717) is 10.7 Å². The van der Waals surface area contributed by atoms with Gasteiger partial charge in [-0.05, 0) is 17.7 Å². The van der Waals surface area contributed by atoms with Crippen molar-refractivity contribution in [1.82, 2.24) is 0 Å². The van der Waals surface area contributed by atoms with E-state index >= 15 is 0 Å². The summed E-state index contributed by atoms with van der Waals surface area (Å²) >= 11 is 5.65. The van der Waals surface area contributed by atoms with Crippen LogP contribution < -0.4 is 16.4 Å². The third-order valence-electron chi connectivity index (χ3n) is 1.36. The van der Waals surface area contributed by atoms with E-state index in [2.05, 4.69) is 5.43 Å². The van der Waals surface area contributed by atoms with Crippen molar-refractivity contribution in [2.24, 2.45) is 5.84 Å². The molecule has 0 bridgehead atoms. The Morgan fingerprint density at radius 3 is 2.75 bits per heavy atom. The fourth-order valence-electron chi connectivity index (χ4n) is 0.763. The summed E-state index contributed by atoms with van der Waals surface area (Å²) in [5.74, 6) is 3.81. The highest BCUT2D eigenvalue weighted by atomic mass is 35.5. The molecular formula is C7H6ClN2O2-. The summed E-state index contributed by atoms with van der Waals surface area (Å²) in [6.07, 6.45) is 0. The Morgan fingerprint density at radius 1 is 1.58 bits per heavy atom. The number of carbonyl (C=O) groups excluding carboxylic acids is 1. The summed E-state index contributed by atoms with van der Waals surface area (Å²) < 4.78 is 0. The standard InChI is InChI=1S/C7H7ClN2O2/c8-5-2-1-4(7(11)12)3-6(5)10-9/h1-3,10H,9H2,(H,11,12)/p-1. The molecule has 0 unspecified atom stereocenters. The topological polar surface area (TPSA) is 78.2 Å². The van der Waals surface area contributed by atoms with Crippen LogP contribution in [0.25, 0.3) is 0 Å². The van der Waals surface area contributed by atoms with Crippen LogP contribution in [-0.4, -0.2) is 5.97 Å². The number of hydrogen-bond donors (Lipinski definition) is 2. The zero-order valence-electron chi connectivity index (χ0n) is 6.00. The van der Waals surface area contributed by atoms with E-state index < -0.39 is 5.97 Å². The fraction of sp³-hybridized carbons (Fsp3) is 0. The molecule has 1 aromatic carbocycles. The normalized spacial score (nSPS) is 9.50. The molecule has 0 radical (unpaired) electrons. The highest BCUT2D eigenvalue weighted by molar-refractivity contribution is 6.33. The largest absolute Gasteiger partial charge is 0.545 e. The second-order valence-corrected chi connectivity index (χ2v) is 2.53. The Morgan fingerprint density at radius 2 is 2.25 bits per heavy atom. The number of hydrazine groups is 1. The molecule has 0 amide bonds. The Balaban J connectivity index is 3.13. The van der Waals surface area contributed by atoms with Gasteiger partial charge >= 0.3 is 0 Å². The number of hydrogen-bond acceptors (Lipinski definition) is 4. The Bertz CT molecular complexity index is 314. The second kappa shape index (κ2) is 3.42. The molecule has 0 aromatic heterocycles. The number of carboxylic acids is 1. The Hall–Kier alpha value is -1.26. The molecule has 12 heavy (non-hydrogen) atoms. The van der Waals surface area contributed by atoms with Gasteiger partial charge in [-0.2, -0.15) is 0 Å². The van der Waals surface area contributed by atoms with Crippen LogP contribution in [0.1, 0.15) is 10.4 Å². The SMILES string of the molecule is NNc1cc(C(=O)[O-])ccc1Cl. The Labute approximate surface area is 73.9 Å². The molecule has 1 rings (SSSR count). The zero-order chi connectivity index (χ0) is 9.14. The first-order valence-corrected chi connectivity index (χ1v) is 3.50. The number of carbonyl (C=O) groups is 1. The van der Waals surface area contributed by atoms with Crippen molar-refractivity contribution >= 4 is 23.3 Å². The summed E-state index contributed by atoms with van der Waals surface area (Å²) in [6.45, 7) is 0. The van der Waals surface area contributed by atoms with E-state index in [9.17, 15) is 9.90 Å². The predicted molar refractivity (Wildman–Crippen MR) is 43.6 cm³/mol. The molecule has 5 heteroatoms. The maximum atomic E-state index is 10.4. The van der Waals surface area contributed by atoms with Gasteiger partial charge in [0.05, 0.1) is 16.7 Å². The minimum atomic E-state index is -1.26. The van der Waals surface area contributed by atoms with Crippen LogP contribution in [0.4, 0.5) is 5.69 Å². The number of rotatable bonds is 2. The molecule has 4 nitrogen and oxygen atoms in total. The van der Waals surface area contributed by atoms with Gasteiger partial charge in [-0.25, -0.2) is 0 Å². The summed E-state index contributed by atoms with van der Waals surface area (Å²) in [5.41, 5.74) is 2.66. The Kier molecular flexibility index (Phi) is 2.52. The maximum Gasteiger partial charge on any atom is 0.0716 e. The minimum absolute atomic E-state index is 0.0346. The van der Waals surface area contributed by atoms with Gasteiger partial charge in [-0.15, -0.1) is 0 Å². The van der Waals surface area contributed by atoms with Crippen LogP contribution >= 0.6 is 11.6 Å². The van der Waals surface area contributed by atoms with Crippen molar-refractivity contribution in [3.8, 4) is 0 Å². The van der Waals surface area contributed by atoms with E-state index in [1.54, 1.807) is 0 Å². The van der Waals surface area contributed by atoms with Gasteiger partial charge in [0.1, 0.15) is 0 Å². The third-order valence-corrected chi connectivity index (χ3v) is 1.69. The number of nitrogens with one attached hydrogen (secondary N) is 1. The lowest BCUT2D eigenvalue weighted by atomic mass is 10.2. The van der Waals surface area contributed by atoms with E-state index in [1.165, 1.54) is 18.2 Å². The van der Waals surface area contributed by atoms with Crippen molar-refractivity contribution in [2.75, 3.05) is 5.43 Å². The molecular weight excluding hydrogens is 180 g/mol. The highest BCUT2D eigenvalue weighted by Gasteiger charge is 2.00. The average molecular weight is 186 g/mol. The van der Waals surface area contributed by atoms with Gasteiger partial charge in [-0.1, -0.05) is 17.7 Å². The van der Waals surface area contributed by atoms with Gasteiger partial charge in [0, 0.05) is 0 Å². The molecule has 0 saturated heterocycles. The highest BCUT2D eigenvalue weighted by Crippen LogP contribution is 2.21. The van der Waals surface area contributed by atoms with Gasteiger partial charge in [0.2, 0.25) is 0 Å². The van der Waals surface area contributed by atoms with Crippen LogP contribution in [0.3, 0.4) is 0 Å². The van der Waals surface area contributed by atoms with E-state index in [1.807, 2.05) is 0 Å². The molecule has 0 fully saturated rings. The summed E-state index contributed by atoms with van der Waals surface area (Å²) in [4.78, 5) is 10.4. The van der Waals surface area contributed by atoms with Crippen molar-refractivity contribution in [2.45, 2.75) is 0 Å². The van der Waals surface area contributed by atoms with E-state index in [0.717, 1.165) is 0 Å². The molecule has 1 aromatic rings. The van der Waals surface area contributed by atoms with Crippen LogP contribution in [0, 0.1) is 0 Å². The van der Waals surface area contributed by atoms with Crippen LogP contribution in [0.5, 0.6) is 0 Å². The van der Waals surface area contributed by atoms with Crippen molar-refractivity contribution in [3.05, 3.63) is 28.8 Å². The van der Waals surface area contributed by atoms with Crippen molar-refractivity contribution < 1.29 is 9.90 Å². The first-order valence-electron chi connectivity index (χ1n) is 3.12. The quantitative estimate of drug-likeness (QED) is 0.502. The second-order valence-electron chi connectivity index (χ2n) is 2.13. The van der Waals surface area contributed by atoms with Gasteiger partial charge in [-0.3, -0.25) is 5.84 Å². The molecule has 0 aliphatic carbocycles. The molecule has 3 N–H and O–H groups in total. The summed E-state index contributed by atoms with van der Waals surface area (Å²) in [5, 5.41) is 10.7. The monoisotopic (exact) mass is 185 g/mol. The predicted octanol–water partition coefficient (Wildman–Crippen LogP) is -0.0109. The van der Waals surface area contributed by atoms with E-state index in [4.69, 9.17) is 17.4 Å². The lowest BCUT2D eigenvalue weighted by Crippen LogP contribution is -2.22. The summed E-state index contributed by atoms with van der Waals surface area (Å²) in [7, 11) is 0. The minimum Gasteiger partial charge on any atom is -0.545 e. The number of nitrogen functional groups attached to an aromatic ring is 1. The number of anilines is 1. The lowest BCUT2D eigenvalue weighted by molar-refractivity contribution is -0.255. The molecule has 0 spiro atoms. The molecule has 0 aliphatic heterocycles. The molecule has 0 aliphatic rings. The lowest BCUT2D eigenvalue weighted by Gasteiger charge is -2.06. The fourth-order valence-corrected chi connectivity index (χ4v) is 0.935. The van der Waals surface area contributed by atoms with Crippen molar-refractivity contribution in [3.63, 3.8) is 0 Å². The van der Waals surface area contributed by atoms with Crippen LogP contribution in [-0.2, 0) is 0 Å². The maximum absolute atomic E-state index is 10.4. The number of aromatic carboxylic acids is 1. The van der Waals surface area contributed by atoms with Crippen LogP contribution in [0.2, 0.25) is 5.02 Å². The van der Waals surface area contributed by atoms with Crippen LogP contribution in [0.15, 0.2) is 18.2 Å². The molecule has 0 atom stereocenters. The van der Waals surface area contributed by atoms with Gasteiger partial charge in [0.25, 0.3) is 0 Å². The van der Waals surface area contributed by atoms with Gasteiger partial charge in [0.15, 0.2) is 0 Å². The number of halogens is 1. The average Bonchev–Trinajstić information content (AvgIpc) is 2.05. The molecule has 0 saturated carbocycles. The number of nitrogens with two attached hydrogens (primary N) is 1. The summed E-state index contributed by atoms with van der Waals surface area (Å²) in [6, 6.07) is 4.08. The number of carboxylic acid groups (broad SMARTS) is 1. The van der Waals surface area contributed by atoms with Gasteiger partial charge < -0.3 is 15.3 Å². The first kappa shape index (κ1) is 8.83. The molecule has 0 heterocycles.